The first kappa shape index (κ1) is 20.5. The van der Waals surface area contributed by atoms with Gasteiger partial charge in [0.05, 0.1) is 30.0 Å². The second-order valence-corrected chi connectivity index (χ2v) is 8.15. The van der Waals surface area contributed by atoms with E-state index in [1.165, 1.54) is 19.4 Å². The molecule has 1 amide bonds. The van der Waals surface area contributed by atoms with Crippen LogP contribution in [0.4, 0.5) is 5.69 Å². The van der Waals surface area contributed by atoms with E-state index >= 15 is 0 Å². The van der Waals surface area contributed by atoms with Gasteiger partial charge in [-0.3, -0.25) is 9.52 Å². The monoisotopic (exact) mass is 414 g/mol. The third-order valence-electron chi connectivity index (χ3n) is 4.41. The van der Waals surface area contributed by atoms with E-state index in [0.29, 0.717) is 22.8 Å². The zero-order valence-electron chi connectivity index (χ0n) is 16.3. The molecule has 0 radical (unpaired) electrons. The Bertz CT molecular complexity index is 1110. The lowest BCUT2D eigenvalue weighted by Crippen LogP contribution is -2.26. The number of nitrogens with one attached hydrogen (secondary N) is 2. The molecule has 0 bridgehead atoms. The molecule has 29 heavy (non-hydrogen) atoms. The first-order valence-electron chi connectivity index (χ1n) is 8.92. The van der Waals surface area contributed by atoms with Crippen LogP contribution in [0, 0.1) is 6.92 Å². The van der Waals surface area contributed by atoms with Crippen molar-refractivity contribution in [1.29, 1.82) is 0 Å². The second kappa shape index (κ2) is 8.40. The topological polar surface area (TPSA) is 97.6 Å². The van der Waals surface area contributed by atoms with E-state index in [-0.39, 0.29) is 16.5 Å². The number of aryl methyl sites for hydroxylation is 1. The minimum Gasteiger partial charge on any atom is -0.495 e. The zero-order valence-corrected chi connectivity index (χ0v) is 17.1. The van der Waals surface area contributed by atoms with Gasteiger partial charge in [-0.2, -0.15) is 0 Å². The average Bonchev–Trinajstić information content (AvgIpc) is 3.23. The number of sulfonamides is 1. The number of benzene rings is 2. The summed E-state index contributed by atoms with van der Waals surface area (Å²) in [5, 5.41) is 2.80. The number of furan rings is 1. The van der Waals surface area contributed by atoms with Crippen molar-refractivity contribution in [3.8, 4) is 5.75 Å². The summed E-state index contributed by atoms with van der Waals surface area (Å²) in [6, 6.07) is 14.4. The van der Waals surface area contributed by atoms with Crippen LogP contribution in [0.1, 0.15) is 34.6 Å². The van der Waals surface area contributed by atoms with Gasteiger partial charge in [-0.25, -0.2) is 8.42 Å². The van der Waals surface area contributed by atoms with Crippen molar-refractivity contribution >= 4 is 21.6 Å². The van der Waals surface area contributed by atoms with E-state index in [2.05, 4.69) is 10.0 Å². The molecule has 0 aliphatic heterocycles. The van der Waals surface area contributed by atoms with Gasteiger partial charge in [-0.1, -0.05) is 18.2 Å². The van der Waals surface area contributed by atoms with Crippen molar-refractivity contribution in [2.75, 3.05) is 11.8 Å². The lowest BCUT2D eigenvalue weighted by Gasteiger charge is -2.15. The summed E-state index contributed by atoms with van der Waals surface area (Å²) >= 11 is 0. The molecule has 2 aromatic carbocycles. The van der Waals surface area contributed by atoms with Gasteiger partial charge < -0.3 is 14.5 Å². The van der Waals surface area contributed by atoms with Crippen molar-refractivity contribution in [2.24, 2.45) is 0 Å². The molecule has 0 spiro atoms. The number of ether oxygens (including phenoxy) is 1. The largest absolute Gasteiger partial charge is 0.495 e. The molecule has 1 aromatic heterocycles. The number of carbonyl (C=O) groups is 1. The van der Waals surface area contributed by atoms with Crippen LogP contribution in [0.2, 0.25) is 0 Å². The van der Waals surface area contributed by atoms with Crippen molar-refractivity contribution < 1.29 is 22.4 Å². The maximum Gasteiger partial charge on any atom is 0.262 e. The highest BCUT2D eigenvalue weighted by atomic mass is 32.2. The summed E-state index contributed by atoms with van der Waals surface area (Å²) in [4.78, 5) is 12.6. The number of amides is 1. The van der Waals surface area contributed by atoms with Crippen molar-refractivity contribution in [3.05, 3.63) is 77.7 Å². The van der Waals surface area contributed by atoms with Crippen LogP contribution in [0.5, 0.6) is 5.75 Å². The molecule has 152 valence electrons. The molecule has 1 heterocycles. The molecule has 0 aliphatic carbocycles. The van der Waals surface area contributed by atoms with E-state index in [1.807, 2.05) is 0 Å². The van der Waals surface area contributed by atoms with E-state index in [1.54, 1.807) is 62.4 Å². The Morgan fingerprint density at radius 1 is 1.10 bits per heavy atom. The van der Waals surface area contributed by atoms with Crippen molar-refractivity contribution in [3.63, 3.8) is 0 Å². The average molecular weight is 414 g/mol. The second-order valence-electron chi connectivity index (χ2n) is 6.50. The summed E-state index contributed by atoms with van der Waals surface area (Å²) in [6.45, 7) is 3.45. The highest BCUT2D eigenvalue weighted by Crippen LogP contribution is 2.27. The quantitative estimate of drug-likeness (QED) is 0.611. The third kappa shape index (κ3) is 4.60. The lowest BCUT2D eigenvalue weighted by atomic mass is 10.1. The summed E-state index contributed by atoms with van der Waals surface area (Å²) in [5.41, 5.74) is 1.06. The van der Waals surface area contributed by atoms with Crippen LogP contribution in [0.15, 0.2) is 70.2 Å². The Hall–Kier alpha value is -3.26. The molecule has 2 N–H and O–H groups in total. The standard InChI is InChI=1S/C21H22N2O5S/c1-14-10-11-16(21(24)22-15(2)18-9-6-12-28-18)13-20(14)29(25,26)23-17-7-4-5-8-19(17)27-3/h4-13,15,23H,1-3H3,(H,22,24)/t15-/m0/s1. The van der Waals surface area contributed by atoms with Crippen molar-refractivity contribution in [1.82, 2.24) is 5.32 Å². The minimum atomic E-state index is -3.93. The van der Waals surface area contributed by atoms with Crippen LogP contribution in [-0.2, 0) is 10.0 Å². The first-order valence-corrected chi connectivity index (χ1v) is 10.4. The minimum absolute atomic E-state index is 0.0155. The Kier molecular flexibility index (Phi) is 5.93. The number of methoxy groups -OCH3 is 1. The summed E-state index contributed by atoms with van der Waals surface area (Å²) < 4.78 is 38.9. The maximum absolute atomic E-state index is 13.0. The van der Waals surface area contributed by atoms with Gasteiger partial charge in [0.2, 0.25) is 0 Å². The van der Waals surface area contributed by atoms with Gasteiger partial charge in [-0.15, -0.1) is 0 Å². The number of hydrogen-bond acceptors (Lipinski definition) is 5. The Morgan fingerprint density at radius 2 is 1.86 bits per heavy atom. The molecule has 1 atom stereocenters. The molecule has 3 aromatic rings. The normalized spacial score (nSPS) is 12.2. The fourth-order valence-corrected chi connectivity index (χ4v) is 4.19. The summed E-state index contributed by atoms with van der Waals surface area (Å²) in [5.74, 6) is 0.605. The van der Waals surface area contributed by atoms with Gasteiger partial charge in [0.25, 0.3) is 15.9 Å². The van der Waals surface area contributed by atoms with Crippen LogP contribution in [0.25, 0.3) is 0 Å². The van der Waals surface area contributed by atoms with E-state index in [9.17, 15) is 13.2 Å². The molecule has 0 fully saturated rings. The van der Waals surface area contributed by atoms with Gasteiger partial charge in [-0.05, 0) is 55.8 Å². The fourth-order valence-electron chi connectivity index (χ4n) is 2.85. The fraction of sp³-hybridized carbons (Fsp3) is 0.190. The van der Waals surface area contributed by atoms with Gasteiger partial charge in [0.1, 0.15) is 11.5 Å². The summed E-state index contributed by atoms with van der Waals surface area (Å²) in [6.07, 6.45) is 1.53. The van der Waals surface area contributed by atoms with Crippen LogP contribution >= 0.6 is 0 Å². The Labute approximate surface area is 169 Å². The van der Waals surface area contributed by atoms with Gasteiger partial charge >= 0.3 is 0 Å². The number of rotatable bonds is 7. The van der Waals surface area contributed by atoms with Crippen LogP contribution < -0.4 is 14.8 Å². The third-order valence-corrected chi connectivity index (χ3v) is 5.92. The highest BCUT2D eigenvalue weighted by molar-refractivity contribution is 7.92. The molecular formula is C21H22N2O5S. The number of anilines is 1. The SMILES string of the molecule is COc1ccccc1NS(=O)(=O)c1cc(C(=O)N[C@@H](C)c2ccco2)ccc1C. The maximum atomic E-state index is 13.0. The molecule has 8 heteroatoms. The van der Waals surface area contributed by atoms with Crippen molar-refractivity contribution in [2.45, 2.75) is 24.8 Å². The molecule has 3 rings (SSSR count). The Morgan fingerprint density at radius 3 is 2.55 bits per heavy atom. The first-order chi connectivity index (χ1) is 13.8. The molecule has 0 saturated heterocycles. The molecular weight excluding hydrogens is 392 g/mol. The molecule has 7 nitrogen and oxygen atoms in total. The lowest BCUT2D eigenvalue weighted by molar-refractivity contribution is 0.0935. The van der Waals surface area contributed by atoms with E-state index in [4.69, 9.17) is 9.15 Å². The number of para-hydroxylation sites is 2. The predicted molar refractivity (Wildman–Crippen MR) is 110 cm³/mol. The smallest absolute Gasteiger partial charge is 0.262 e. The predicted octanol–water partition coefficient (Wildman–Crippen LogP) is 3.89. The highest BCUT2D eigenvalue weighted by Gasteiger charge is 2.21. The van der Waals surface area contributed by atoms with Gasteiger partial charge in [0.15, 0.2) is 0 Å². The van der Waals surface area contributed by atoms with Crippen LogP contribution in [0.3, 0.4) is 0 Å². The van der Waals surface area contributed by atoms with E-state index in [0.717, 1.165) is 0 Å². The molecule has 0 aliphatic rings. The number of carbonyl (C=O) groups excluding carboxylic acids is 1. The molecule has 0 saturated carbocycles. The van der Waals surface area contributed by atoms with E-state index < -0.39 is 15.9 Å². The molecule has 0 unspecified atom stereocenters. The van der Waals surface area contributed by atoms with Crippen LogP contribution in [-0.4, -0.2) is 21.4 Å². The Balaban J connectivity index is 1.87. The van der Waals surface area contributed by atoms with Gasteiger partial charge in [0, 0.05) is 5.56 Å². The number of hydrogen-bond donors (Lipinski definition) is 2. The summed E-state index contributed by atoms with van der Waals surface area (Å²) in [7, 11) is -2.47. The zero-order chi connectivity index (χ0) is 21.0.